The molecule has 22 heavy (non-hydrogen) atoms. The van der Waals surface area contributed by atoms with Gasteiger partial charge in [-0.05, 0) is 5.56 Å². The van der Waals surface area contributed by atoms with Crippen molar-refractivity contribution >= 4 is 0 Å². The van der Waals surface area contributed by atoms with Gasteiger partial charge < -0.3 is 10.5 Å². The summed E-state index contributed by atoms with van der Waals surface area (Å²) in [4.78, 5) is 2.42. The van der Waals surface area contributed by atoms with Gasteiger partial charge in [0.15, 0.2) is 0 Å². The molecular formula is C17H24N4O. The molecule has 0 bridgehead atoms. The highest BCUT2D eigenvalue weighted by Gasteiger charge is 2.31. The molecule has 2 aromatic rings. The summed E-state index contributed by atoms with van der Waals surface area (Å²) in [5.74, 6) is 0.421. The Labute approximate surface area is 131 Å². The van der Waals surface area contributed by atoms with Gasteiger partial charge in [0.2, 0.25) is 0 Å². The molecular weight excluding hydrogens is 276 g/mol. The monoisotopic (exact) mass is 300 g/mol. The highest BCUT2D eigenvalue weighted by Crippen LogP contribution is 2.27. The molecule has 118 valence electrons. The third-order valence-corrected chi connectivity index (χ3v) is 4.29. The molecule has 0 saturated carbocycles. The van der Waals surface area contributed by atoms with Gasteiger partial charge in [0.25, 0.3) is 0 Å². The third-order valence-electron chi connectivity index (χ3n) is 4.29. The van der Waals surface area contributed by atoms with Crippen LogP contribution in [0.5, 0.6) is 0 Å². The molecule has 5 heteroatoms. The second-order valence-corrected chi connectivity index (χ2v) is 5.98. The number of benzene rings is 1. The highest BCUT2D eigenvalue weighted by molar-refractivity contribution is 5.23. The van der Waals surface area contributed by atoms with Gasteiger partial charge in [-0.25, -0.2) is 0 Å². The Kier molecular flexibility index (Phi) is 4.87. The number of methoxy groups -OCH3 is 1. The molecule has 5 nitrogen and oxygen atoms in total. The van der Waals surface area contributed by atoms with Gasteiger partial charge in [-0.1, -0.05) is 30.3 Å². The summed E-state index contributed by atoms with van der Waals surface area (Å²) in [5.41, 5.74) is 8.92. The summed E-state index contributed by atoms with van der Waals surface area (Å²) in [5, 5.41) is 4.37. The molecule has 1 aromatic heterocycles. The first-order valence-electron chi connectivity index (χ1n) is 7.79. The summed E-state index contributed by atoms with van der Waals surface area (Å²) in [6, 6.07) is 10.8. The van der Waals surface area contributed by atoms with Crippen LogP contribution in [-0.4, -0.2) is 47.5 Å². The van der Waals surface area contributed by atoms with Gasteiger partial charge >= 0.3 is 0 Å². The van der Waals surface area contributed by atoms with Crippen molar-refractivity contribution in [2.24, 2.45) is 5.73 Å². The van der Waals surface area contributed by atoms with E-state index in [4.69, 9.17) is 10.5 Å². The van der Waals surface area contributed by atoms with Gasteiger partial charge in [0.05, 0.1) is 19.3 Å². The van der Waals surface area contributed by atoms with Crippen molar-refractivity contribution < 1.29 is 4.74 Å². The van der Waals surface area contributed by atoms with Gasteiger partial charge in [-0.3, -0.25) is 9.58 Å². The van der Waals surface area contributed by atoms with E-state index in [-0.39, 0.29) is 6.04 Å². The minimum atomic E-state index is 0.200. The number of hydrogen-bond donors (Lipinski definition) is 1. The number of ether oxygens (including phenoxy) is 1. The van der Waals surface area contributed by atoms with E-state index >= 15 is 0 Å². The average molecular weight is 300 g/mol. The van der Waals surface area contributed by atoms with E-state index in [1.165, 1.54) is 11.1 Å². The molecule has 2 atom stereocenters. The Morgan fingerprint density at radius 2 is 2.09 bits per heavy atom. The van der Waals surface area contributed by atoms with Crippen LogP contribution in [0.25, 0.3) is 0 Å². The summed E-state index contributed by atoms with van der Waals surface area (Å²) < 4.78 is 7.01. The molecule has 2 N–H and O–H groups in total. The maximum absolute atomic E-state index is 6.35. The lowest BCUT2D eigenvalue weighted by Gasteiger charge is -2.15. The predicted octanol–water partition coefficient (Wildman–Crippen LogP) is 1.46. The van der Waals surface area contributed by atoms with Crippen molar-refractivity contribution in [1.82, 2.24) is 14.7 Å². The lowest BCUT2D eigenvalue weighted by Crippen LogP contribution is -2.28. The fourth-order valence-corrected chi connectivity index (χ4v) is 3.15. The van der Waals surface area contributed by atoms with Crippen molar-refractivity contribution in [2.75, 3.05) is 26.8 Å². The summed E-state index contributed by atoms with van der Waals surface area (Å²) in [7, 11) is 1.71. The van der Waals surface area contributed by atoms with E-state index in [9.17, 15) is 0 Å². The molecule has 1 aliphatic rings. The van der Waals surface area contributed by atoms with E-state index < -0.39 is 0 Å². The second kappa shape index (κ2) is 7.05. The summed E-state index contributed by atoms with van der Waals surface area (Å²) in [6.07, 6.45) is 4.04. The first-order valence-corrected chi connectivity index (χ1v) is 7.79. The SMILES string of the molecule is COCCn1cc(CN2C[C@@H](N)[C@H](c3ccccc3)C2)cn1. The largest absolute Gasteiger partial charge is 0.383 e. The number of nitrogens with zero attached hydrogens (tertiary/aromatic N) is 3. The third kappa shape index (κ3) is 3.55. The quantitative estimate of drug-likeness (QED) is 0.877. The highest BCUT2D eigenvalue weighted by atomic mass is 16.5. The standard InChI is InChI=1S/C17H24N4O/c1-22-8-7-21-11-14(9-19-21)10-20-12-16(17(18)13-20)15-5-3-2-4-6-15/h2-6,9,11,16-17H,7-8,10,12-13,18H2,1H3/t16-,17+/m0/s1. The van der Waals surface area contributed by atoms with Crippen LogP contribution in [0.1, 0.15) is 17.0 Å². The minimum Gasteiger partial charge on any atom is -0.383 e. The smallest absolute Gasteiger partial charge is 0.0658 e. The van der Waals surface area contributed by atoms with Crippen molar-refractivity contribution in [2.45, 2.75) is 25.0 Å². The number of aromatic nitrogens is 2. The van der Waals surface area contributed by atoms with E-state index in [0.717, 1.165) is 26.2 Å². The molecule has 1 saturated heterocycles. The maximum atomic E-state index is 6.35. The Hall–Kier alpha value is -1.69. The lowest BCUT2D eigenvalue weighted by molar-refractivity contribution is 0.183. The Morgan fingerprint density at radius 1 is 1.27 bits per heavy atom. The Bertz CT molecular complexity index is 583. The topological polar surface area (TPSA) is 56.3 Å². The van der Waals surface area contributed by atoms with Crippen LogP contribution >= 0.6 is 0 Å². The predicted molar refractivity (Wildman–Crippen MR) is 86.5 cm³/mol. The minimum absolute atomic E-state index is 0.200. The molecule has 0 unspecified atom stereocenters. The van der Waals surface area contributed by atoms with Crippen LogP contribution in [-0.2, 0) is 17.8 Å². The molecule has 1 aliphatic heterocycles. The summed E-state index contributed by atoms with van der Waals surface area (Å²) >= 11 is 0. The van der Waals surface area contributed by atoms with Gasteiger partial charge in [-0.2, -0.15) is 5.10 Å². The molecule has 1 fully saturated rings. The fraction of sp³-hybridized carbons (Fsp3) is 0.471. The van der Waals surface area contributed by atoms with E-state index in [1.807, 2.05) is 10.9 Å². The number of nitrogens with two attached hydrogens (primary N) is 1. The first-order chi connectivity index (χ1) is 10.8. The molecule has 3 rings (SSSR count). The van der Waals surface area contributed by atoms with Crippen LogP contribution in [0.4, 0.5) is 0 Å². The summed E-state index contributed by atoms with van der Waals surface area (Å²) in [6.45, 7) is 4.33. The average Bonchev–Trinajstić information content (AvgIpc) is 3.13. The van der Waals surface area contributed by atoms with Gasteiger partial charge in [0, 0.05) is 50.5 Å². The van der Waals surface area contributed by atoms with Gasteiger partial charge in [0.1, 0.15) is 0 Å². The van der Waals surface area contributed by atoms with Crippen molar-refractivity contribution in [3.8, 4) is 0 Å². The molecule has 0 amide bonds. The molecule has 0 radical (unpaired) electrons. The van der Waals surface area contributed by atoms with E-state index in [1.54, 1.807) is 7.11 Å². The molecule has 0 aliphatic carbocycles. The van der Waals surface area contributed by atoms with Crippen LogP contribution in [0.3, 0.4) is 0 Å². The molecule has 1 aromatic carbocycles. The van der Waals surface area contributed by atoms with Crippen LogP contribution in [0.15, 0.2) is 42.7 Å². The molecule has 2 heterocycles. The second-order valence-electron chi connectivity index (χ2n) is 5.98. The maximum Gasteiger partial charge on any atom is 0.0658 e. The van der Waals surface area contributed by atoms with Crippen molar-refractivity contribution in [3.63, 3.8) is 0 Å². The normalized spacial score (nSPS) is 22.3. The van der Waals surface area contributed by atoms with Crippen molar-refractivity contribution in [1.29, 1.82) is 0 Å². The zero-order valence-electron chi connectivity index (χ0n) is 13.1. The lowest BCUT2D eigenvalue weighted by atomic mass is 9.95. The van der Waals surface area contributed by atoms with Crippen LogP contribution in [0.2, 0.25) is 0 Å². The number of rotatable bonds is 6. The van der Waals surface area contributed by atoms with Crippen molar-refractivity contribution in [3.05, 3.63) is 53.9 Å². The fourth-order valence-electron chi connectivity index (χ4n) is 3.15. The molecule has 0 spiro atoms. The van der Waals surface area contributed by atoms with Crippen LogP contribution in [0, 0.1) is 0 Å². The number of hydrogen-bond acceptors (Lipinski definition) is 4. The van der Waals surface area contributed by atoms with E-state index in [0.29, 0.717) is 12.5 Å². The Morgan fingerprint density at radius 3 is 2.86 bits per heavy atom. The van der Waals surface area contributed by atoms with Gasteiger partial charge in [-0.15, -0.1) is 0 Å². The van der Waals surface area contributed by atoms with Crippen LogP contribution < -0.4 is 5.73 Å². The Balaban J connectivity index is 1.59. The number of likely N-dealkylation sites (tertiary alicyclic amines) is 1. The van der Waals surface area contributed by atoms with E-state index in [2.05, 4.69) is 46.5 Å². The zero-order chi connectivity index (χ0) is 15.4. The first kappa shape index (κ1) is 15.2. The zero-order valence-corrected chi connectivity index (χ0v) is 13.1.